The van der Waals surface area contributed by atoms with Crippen molar-refractivity contribution in [3.63, 3.8) is 0 Å². The van der Waals surface area contributed by atoms with E-state index < -0.39 is 9.84 Å². The van der Waals surface area contributed by atoms with E-state index in [2.05, 4.69) is 5.32 Å². The topological polar surface area (TPSA) is 64.6 Å². The lowest BCUT2D eigenvalue weighted by molar-refractivity contribution is 0.144. The first kappa shape index (κ1) is 16.9. The van der Waals surface area contributed by atoms with Gasteiger partial charge in [-0.2, -0.15) is 0 Å². The van der Waals surface area contributed by atoms with Gasteiger partial charge in [0.15, 0.2) is 9.84 Å². The fraction of sp³-hybridized carbons (Fsp3) is 0.571. The van der Waals surface area contributed by atoms with Crippen LogP contribution in [0.5, 0.6) is 5.75 Å². The second kappa shape index (κ2) is 8.94. The molecule has 1 aromatic rings. The molecule has 114 valence electrons. The summed E-state index contributed by atoms with van der Waals surface area (Å²) in [6.07, 6.45) is 2.16. The molecule has 0 spiro atoms. The van der Waals surface area contributed by atoms with Crippen LogP contribution in [0.15, 0.2) is 29.2 Å². The van der Waals surface area contributed by atoms with Crippen LogP contribution in [0.3, 0.4) is 0 Å². The van der Waals surface area contributed by atoms with E-state index in [4.69, 9.17) is 9.47 Å². The Kier molecular flexibility index (Phi) is 7.58. The molecule has 0 saturated carbocycles. The summed E-state index contributed by atoms with van der Waals surface area (Å²) < 4.78 is 33.6. The SMILES string of the molecule is CCOCCCNCCOc1cccc(S(C)(=O)=O)c1. The molecule has 0 aliphatic rings. The third-order valence-electron chi connectivity index (χ3n) is 2.63. The number of sulfone groups is 1. The maximum absolute atomic E-state index is 11.4. The van der Waals surface area contributed by atoms with E-state index in [0.717, 1.165) is 32.7 Å². The fourth-order valence-corrected chi connectivity index (χ4v) is 2.26. The molecule has 6 heteroatoms. The fourth-order valence-electron chi connectivity index (χ4n) is 1.60. The van der Waals surface area contributed by atoms with Gasteiger partial charge in [0, 0.05) is 26.0 Å². The zero-order chi connectivity index (χ0) is 14.8. The standard InChI is InChI=1S/C14H23NO4S/c1-3-18-10-5-8-15-9-11-19-13-6-4-7-14(12-13)20(2,16)17/h4,6-7,12,15H,3,5,8-11H2,1-2H3. The molecule has 1 rings (SSSR count). The molecule has 0 aromatic heterocycles. The predicted molar refractivity (Wildman–Crippen MR) is 79.0 cm³/mol. The largest absolute Gasteiger partial charge is 0.492 e. The maximum atomic E-state index is 11.4. The second-order valence-corrected chi connectivity index (χ2v) is 6.41. The molecule has 0 atom stereocenters. The number of rotatable bonds is 10. The summed E-state index contributed by atoms with van der Waals surface area (Å²) in [5.41, 5.74) is 0. The first-order valence-corrected chi connectivity index (χ1v) is 8.64. The van der Waals surface area contributed by atoms with Crippen molar-refractivity contribution in [1.29, 1.82) is 0 Å². The van der Waals surface area contributed by atoms with Crippen LogP contribution < -0.4 is 10.1 Å². The highest BCUT2D eigenvalue weighted by Crippen LogP contribution is 2.16. The van der Waals surface area contributed by atoms with E-state index in [1.54, 1.807) is 24.3 Å². The van der Waals surface area contributed by atoms with Crippen molar-refractivity contribution in [1.82, 2.24) is 5.32 Å². The van der Waals surface area contributed by atoms with Crippen molar-refractivity contribution in [2.24, 2.45) is 0 Å². The van der Waals surface area contributed by atoms with E-state index in [0.29, 0.717) is 12.4 Å². The van der Waals surface area contributed by atoms with Crippen LogP contribution in [0.2, 0.25) is 0 Å². The molecule has 1 N–H and O–H groups in total. The van der Waals surface area contributed by atoms with Gasteiger partial charge in [-0.15, -0.1) is 0 Å². The van der Waals surface area contributed by atoms with Gasteiger partial charge in [-0.25, -0.2) is 8.42 Å². The Hall–Kier alpha value is -1.11. The highest BCUT2D eigenvalue weighted by Gasteiger charge is 2.07. The molecule has 20 heavy (non-hydrogen) atoms. The van der Waals surface area contributed by atoms with Crippen LogP contribution in [0.4, 0.5) is 0 Å². The first-order chi connectivity index (χ1) is 9.54. The summed E-state index contributed by atoms with van der Waals surface area (Å²) in [6, 6.07) is 6.55. The van der Waals surface area contributed by atoms with E-state index in [1.807, 2.05) is 6.92 Å². The molecule has 1 aromatic carbocycles. The number of benzene rings is 1. The van der Waals surface area contributed by atoms with Crippen molar-refractivity contribution >= 4 is 9.84 Å². The van der Waals surface area contributed by atoms with Crippen LogP contribution in [0.1, 0.15) is 13.3 Å². The van der Waals surface area contributed by atoms with Gasteiger partial charge in [0.25, 0.3) is 0 Å². The monoisotopic (exact) mass is 301 g/mol. The van der Waals surface area contributed by atoms with E-state index in [-0.39, 0.29) is 4.90 Å². The summed E-state index contributed by atoms with van der Waals surface area (Å²) in [6.45, 7) is 5.59. The summed E-state index contributed by atoms with van der Waals surface area (Å²) in [5, 5.41) is 3.24. The summed E-state index contributed by atoms with van der Waals surface area (Å²) in [4.78, 5) is 0.277. The summed E-state index contributed by atoms with van der Waals surface area (Å²) in [7, 11) is -3.18. The highest BCUT2D eigenvalue weighted by atomic mass is 32.2. The van der Waals surface area contributed by atoms with Crippen molar-refractivity contribution in [2.45, 2.75) is 18.2 Å². The van der Waals surface area contributed by atoms with Crippen molar-refractivity contribution in [3.05, 3.63) is 24.3 Å². The van der Waals surface area contributed by atoms with Crippen molar-refractivity contribution in [3.8, 4) is 5.75 Å². The van der Waals surface area contributed by atoms with Gasteiger partial charge in [-0.05, 0) is 38.1 Å². The van der Waals surface area contributed by atoms with Gasteiger partial charge >= 0.3 is 0 Å². The minimum absolute atomic E-state index is 0.277. The van der Waals surface area contributed by atoms with Gasteiger partial charge in [0.05, 0.1) is 4.90 Å². The number of hydrogen-bond acceptors (Lipinski definition) is 5. The quantitative estimate of drug-likeness (QED) is 0.663. The molecule has 0 aliphatic carbocycles. The molecule has 5 nitrogen and oxygen atoms in total. The normalized spacial score (nSPS) is 11.5. The predicted octanol–water partition coefficient (Wildman–Crippen LogP) is 1.49. The first-order valence-electron chi connectivity index (χ1n) is 6.75. The molecule has 0 saturated heterocycles. The lowest BCUT2D eigenvalue weighted by Gasteiger charge is -2.08. The van der Waals surface area contributed by atoms with Gasteiger partial charge < -0.3 is 14.8 Å². The lowest BCUT2D eigenvalue weighted by atomic mass is 10.3. The smallest absolute Gasteiger partial charge is 0.175 e. The zero-order valence-corrected chi connectivity index (χ0v) is 12.9. The Morgan fingerprint density at radius 1 is 1.20 bits per heavy atom. The molecule has 0 fully saturated rings. The van der Waals surface area contributed by atoms with E-state index in [1.165, 1.54) is 6.26 Å². The Balaban J connectivity index is 2.22. The molecular formula is C14H23NO4S. The van der Waals surface area contributed by atoms with E-state index in [9.17, 15) is 8.42 Å². The van der Waals surface area contributed by atoms with Crippen LogP contribution in [-0.4, -0.2) is 47.6 Å². The van der Waals surface area contributed by atoms with Crippen molar-refractivity contribution in [2.75, 3.05) is 39.2 Å². The number of nitrogens with one attached hydrogen (secondary N) is 1. The number of ether oxygens (including phenoxy) is 2. The number of hydrogen-bond donors (Lipinski definition) is 1. The average Bonchev–Trinajstić information content (AvgIpc) is 2.41. The Labute approximate surface area is 121 Å². The minimum Gasteiger partial charge on any atom is -0.492 e. The summed E-state index contributed by atoms with van der Waals surface area (Å²) >= 11 is 0. The maximum Gasteiger partial charge on any atom is 0.175 e. The molecule has 0 unspecified atom stereocenters. The molecule has 0 heterocycles. The van der Waals surface area contributed by atoms with Gasteiger partial charge in [0.2, 0.25) is 0 Å². The molecule has 0 radical (unpaired) electrons. The third kappa shape index (κ3) is 6.88. The van der Waals surface area contributed by atoms with Gasteiger partial charge in [-0.3, -0.25) is 0 Å². The van der Waals surface area contributed by atoms with Crippen LogP contribution >= 0.6 is 0 Å². The average molecular weight is 301 g/mol. The molecular weight excluding hydrogens is 278 g/mol. The second-order valence-electron chi connectivity index (χ2n) is 4.40. The Morgan fingerprint density at radius 2 is 2.00 bits per heavy atom. The Bertz CT molecular complexity index is 488. The van der Waals surface area contributed by atoms with Crippen LogP contribution in [-0.2, 0) is 14.6 Å². The third-order valence-corrected chi connectivity index (χ3v) is 3.74. The minimum atomic E-state index is -3.18. The van der Waals surface area contributed by atoms with Crippen molar-refractivity contribution < 1.29 is 17.9 Å². The molecule has 0 bridgehead atoms. The molecule has 0 aliphatic heterocycles. The molecule has 0 amide bonds. The zero-order valence-electron chi connectivity index (χ0n) is 12.1. The Morgan fingerprint density at radius 3 is 2.70 bits per heavy atom. The van der Waals surface area contributed by atoms with Gasteiger partial charge in [0.1, 0.15) is 12.4 Å². The lowest BCUT2D eigenvalue weighted by Crippen LogP contribution is -2.23. The van der Waals surface area contributed by atoms with Gasteiger partial charge in [-0.1, -0.05) is 6.07 Å². The van der Waals surface area contributed by atoms with E-state index >= 15 is 0 Å². The highest BCUT2D eigenvalue weighted by molar-refractivity contribution is 7.90. The van der Waals surface area contributed by atoms with Crippen LogP contribution in [0.25, 0.3) is 0 Å². The van der Waals surface area contributed by atoms with Crippen LogP contribution in [0, 0.1) is 0 Å². The summed E-state index contributed by atoms with van der Waals surface area (Å²) in [5.74, 6) is 0.573.